The van der Waals surface area contributed by atoms with Crippen LogP contribution in [0, 0.1) is 6.92 Å². The first-order chi connectivity index (χ1) is 16.6. The second kappa shape index (κ2) is 8.51. The number of amides is 1. The minimum absolute atomic E-state index is 0.299. The molecular formula is C24H27N7O3. The first-order valence-corrected chi connectivity index (χ1v) is 11.8. The molecule has 2 saturated heterocycles. The molecule has 0 aliphatic carbocycles. The summed E-state index contributed by atoms with van der Waals surface area (Å²) in [6.07, 6.45) is 7.35. The first kappa shape index (κ1) is 20.8. The van der Waals surface area contributed by atoms with Gasteiger partial charge in [-0.2, -0.15) is 4.98 Å². The van der Waals surface area contributed by atoms with Crippen LogP contribution in [0.1, 0.15) is 43.2 Å². The summed E-state index contributed by atoms with van der Waals surface area (Å²) < 4.78 is 11.7. The lowest BCUT2D eigenvalue weighted by atomic mass is 10.1. The van der Waals surface area contributed by atoms with Gasteiger partial charge in [0.15, 0.2) is 17.6 Å². The van der Waals surface area contributed by atoms with E-state index in [0.29, 0.717) is 34.4 Å². The number of ether oxygens (including phenoxy) is 1. The molecule has 1 atom stereocenters. The molecule has 0 aromatic carbocycles. The number of nitrogens with one attached hydrogen (secondary N) is 2. The van der Waals surface area contributed by atoms with Crippen molar-refractivity contribution in [3.8, 4) is 0 Å². The van der Waals surface area contributed by atoms with Gasteiger partial charge in [-0.3, -0.25) is 9.78 Å². The van der Waals surface area contributed by atoms with E-state index in [1.165, 1.54) is 12.7 Å². The lowest BCUT2D eigenvalue weighted by Gasteiger charge is -2.33. The molecule has 10 heteroatoms. The minimum atomic E-state index is -0.431. The molecule has 2 fully saturated rings. The molecule has 0 bridgehead atoms. The van der Waals surface area contributed by atoms with Crippen LogP contribution in [0.5, 0.6) is 0 Å². The third-order valence-electron chi connectivity index (χ3n) is 6.46. The normalized spacial score (nSPS) is 19.9. The average Bonchev–Trinajstić information content (AvgIpc) is 3.46. The zero-order chi connectivity index (χ0) is 23.1. The van der Waals surface area contributed by atoms with Gasteiger partial charge in [0.2, 0.25) is 5.65 Å². The first-order valence-electron chi connectivity index (χ1n) is 11.8. The fourth-order valence-corrected chi connectivity index (χ4v) is 4.47. The maximum atomic E-state index is 13.1. The number of piperidine rings is 1. The van der Waals surface area contributed by atoms with E-state index in [0.717, 1.165) is 56.7 Å². The Hall–Kier alpha value is -3.82. The van der Waals surface area contributed by atoms with Gasteiger partial charge in [-0.05, 0) is 44.7 Å². The zero-order valence-corrected chi connectivity index (χ0v) is 19.1. The summed E-state index contributed by atoms with van der Waals surface area (Å²) in [6, 6.07) is 6.22. The number of hydrogen-bond acceptors (Lipinski definition) is 9. The second-order valence-electron chi connectivity index (χ2n) is 8.94. The highest BCUT2D eigenvalue weighted by Crippen LogP contribution is 2.34. The molecule has 6 heterocycles. The van der Waals surface area contributed by atoms with Crippen LogP contribution in [-0.4, -0.2) is 47.0 Å². The summed E-state index contributed by atoms with van der Waals surface area (Å²) >= 11 is 0. The fraction of sp³-hybridized carbons (Fsp3) is 0.417. The maximum Gasteiger partial charge on any atom is 0.299 e. The molecule has 3 aliphatic rings. The van der Waals surface area contributed by atoms with Crippen LogP contribution in [0.2, 0.25) is 0 Å². The monoisotopic (exact) mass is 461 g/mol. The van der Waals surface area contributed by atoms with Gasteiger partial charge in [0, 0.05) is 49.7 Å². The Morgan fingerprint density at radius 3 is 2.68 bits per heavy atom. The van der Waals surface area contributed by atoms with Crippen molar-refractivity contribution in [3.63, 3.8) is 0 Å². The molecule has 3 aliphatic heterocycles. The molecule has 3 aromatic heterocycles. The molecule has 2 N–H and O–H groups in total. The fourth-order valence-electron chi connectivity index (χ4n) is 4.47. The smallest absolute Gasteiger partial charge is 0.299 e. The van der Waals surface area contributed by atoms with Gasteiger partial charge in [0.1, 0.15) is 12.0 Å². The molecule has 0 spiro atoms. The summed E-state index contributed by atoms with van der Waals surface area (Å²) in [5, 5.41) is 6.14. The Morgan fingerprint density at radius 1 is 1.09 bits per heavy atom. The third kappa shape index (κ3) is 3.89. The van der Waals surface area contributed by atoms with Gasteiger partial charge in [-0.25, -0.2) is 4.98 Å². The quantitative estimate of drug-likeness (QED) is 0.592. The zero-order valence-electron chi connectivity index (χ0n) is 19.1. The molecule has 3 aromatic rings. The molecule has 1 unspecified atom stereocenters. The number of anilines is 3. The van der Waals surface area contributed by atoms with E-state index in [-0.39, 0.29) is 5.91 Å². The van der Waals surface area contributed by atoms with E-state index in [4.69, 9.17) is 14.1 Å². The molecule has 10 nitrogen and oxygen atoms in total. The van der Waals surface area contributed by atoms with Crippen LogP contribution in [-0.2, 0) is 9.53 Å². The van der Waals surface area contributed by atoms with Crippen molar-refractivity contribution in [2.45, 2.75) is 38.8 Å². The van der Waals surface area contributed by atoms with Crippen LogP contribution < -0.4 is 20.4 Å². The summed E-state index contributed by atoms with van der Waals surface area (Å²) in [4.78, 5) is 31.0. The average molecular weight is 462 g/mol. The molecule has 0 radical (unpaired) electrons. The van der Waals surface area contributed by atoms with Gasteiger partial charge in [-0.15, -0.1) is 0 Å². The van der Waals surface area contributed by atoms with Crippen molar-refractivity contribution in [1.29, 1.82) is 0 Å². The number of fused-ring (bicyclic) bond motifs is 1. The van der Waals surface area contributed by atoms with E-state index in [1.54, 1.807) is 6.20 Å². The van der Waals surface area contributed by atoms with Gasteiger partial charge in [0.05, 0.1) is 5.69 Å². The molecule has 34 heavy (non-hydrogen) atoms. The van der Waals surface area contributed by atoms with Gasteiger partial charge < -0.3 is 29.6 Å². The summed E-state index contributed by atoms with van der Waals surface area (Å²) in [5.41, 5.74) is 3.87. The van der Waals surface area contributed by atoms with E-state index >= 15 is 0 Å². The minimum Gasteiger partial charge on any atom is -0.472 e. The third-order valence-corrected chi connectivity index (χ3v) is 6.46. The number of oxazole rings is 1. The number of rotatable bonds is 5. The Labute approximate surface area is 197 Å². The molecule has 0 saturated carbocycles. The summed E-state index contributed by atoms with van der Waals surface area (Å²) in [6.45, 7) is 5.58. The maximum absolute atomic E-state index is 13.1. The topological polar surface area (TPSA) is 109 Å². The number of carbonyl (C=O) groups is 1. The number of hydrogen-bond donors (Lipinski definition) is 2. The van der Waals surface area contributed by atoms with Crippen LogP contribution in [0.4, 0.5) is 17.5 Å². The molecule has 176 valence electrons. The highest BCUT2D eigenvalue weighted by molar-refractivity contribution is 6.05. The van der Waals surface area contributed by atoms with E-state index in [2.05, 4.69) is 30.4 Å². The van der Waals surface area contributed by atoms with E-state index < -0.39 is 6.23 Å². The van der Waals surface area contributed by atoms with Gasteiger partial charge in [-0.1, -0.05) is 0 Å². The van der Waals surface area contributed by atoms with Crippen molar-refractivity contribution < 1.29 is 13.9 Å². The molecular weight excluding hydrogens is 434 g/mol. The largest absolute Gasteiger partial charge is 0.472 e. The van der Waals surface area contributed by atoms with Crippen LogP contribution in [0.25, 0.3) is 11.2 Å². The number of aryl methyl sites for hydroxylation is 1. The Balaban J connectivity index is 1.24. The second-order valence-corrected chi connectivity index (χ2v) is 8.94. The van der Waals surface area contributed by atoms with Crippen LogP contribution >= 0.6 is 0 Å². The summed E-state index contributed by atoms with van der Waals surface area (Å²) in [5.74, 6) is 0.415. The van der Waals surface area contributed by atoms with Crippen molar-refractivity contribution in [1.82, 2.24) is 20.3 Å². The predicted molar refractivity (Wildman–Crippen MR) is 127 cm³/mol. The molecule has 1 amide bonds. The Morgan fingerprint density at radius 2 is 1.91 bits per heavy atom. The van der Waals surface area contributed by atoms with Crippen molar-refractivity contribution in [2.24, 2.45) is 0 Å². The number of aromatic nitrogens is 3. The Bertz CT molecular complexity index is 1260. The van der Waals surface area contributed by atoms with Crippen molar-refractivity contribution in [3.05, 3.63) is 47.6 Å². The summed E-state index contributed by atoms with van der Waals surface area (Å²) in [7, 11) is 0. The van der Waals surface area contributed by atoms with Crippen molar-refractivity contribution >= 4 is 34.7 Å². The van der Waals surface area contributed by atoms with Crippen LogP contribution in [0.15, 0.2) is 40.8 Å². The lowest BCUT2D eigenvalue weighted by Crippen LogP contribution is -2.38. The number of carbonyl (C=O) groups excluding carboxylic acids is 1. The van der Waals surface area contributed by atoms with Crippen molar-refractivity contribution in [2.75, 3.05) is 41.3 Å². The number of pyridine rings is 2. The lowest BCUT2D eigenvalue weighted by molar-refractivity contribution is -0.113. The van der Waals surface area contributed by atoms with Crippen LogP contribution in [0.3, 0.4) is 0 Å². The SMILES string of the molecule is Cc1cc(C2NC(C(=O)Nc3cc4oc(N5CCCCC5)nc4nc3N3CCC3)=CO2)ccn1. The molecule has 6 rings (SSSR count). The Kier molecular flexibility index (Phi) is 5.20. The highest BCUT2D eigenvalue weighted by atomic mass is 16.5. The van der Waals surface area contributed by atoms with E-state index in [9.17, 15) is 4.79 Å². The standard InChI is InChI=1S/C24H27N7O3/c1-15-12-16(6-7-25-15)23-27-18(14-33-23)22(32)26-17-13-19-20(28-21(17)30-10-5-11-30)29-24(34-19)31-8-3-2-4-9-31/h6-7,12-14,23,27H,2-5,8-11H2,1H3,(H,26,32). The van der Waals surface area contributed by atoms with Gasteiger partial charge in [0.25, 0.3) is 11.9 Å². The van der Waals surface area contributed by atoms with Gasteiger partial charge >= 0.3 is 0 Å². The highest BCUT2D eigenvalue weighted by Gasteiger charge is 2.28. The van der Waals surface area contributed by atoms with E-state index in [1.807, 2.05) is 25.1 Å². The predicted octanol–water partition coefficient (Wildman–Crippen LogP) is 3.23. The number of nitrogens with zero attached hydrogens (tertiary/aromatic N) is 5.